The van der Waals surface area contributed by atoms with Crippen LogP contribution in [0, 0.1) is 13.8 Å². The second-order valence-corrected chi connectivity index (χ2v) is 4.48. The molecule has 2 aromatic rings. The number of hydrogen-bond donors (Lipinski definition) is 1. The van der Waals surface area contributed by atoms with Gasteiger partial charge in [0.2, 0.25) is 0 Å². The van der Waals surface area contributed by atoms with Gasteiger partial charge in [-0.05, 0) is 32.9 Å². The minimum Gasteiger partial charge on any atom is -0.462 e. The molecule has 0 fully saturated rings. The zero-order valence-electron chi connectivity index (χ0n) is 11.0. The van der Waals surface area contributed by atoms with Gasteiger partial charge in [0.05, 0.1) is 12.3 Å². The third kappa shape index (κ3) is 2.63. The molecule has 0 amide bonds. The Bertz CT molecular complexity index is 622. The van der Waals surface area contributed by atoms with Gasteiger partial charge in [-0.1, -0.05) is 6.07 Å². The standard InChI is InChI=1S/C13H15N3O2S/c1-4-18-13(17)11-9(3)15-16(12(11)19)10-7-5-6-8(2)14-10/h5-7,19H,4H2,1-3H3. The third-order valence-electron chi connectivity index (χ3n) is 2.61. The Morgan fingerprint density at radius 1 is 1.42 bits per heavy atom. The quantitative estimate of drug-likeness (QED) is 0.691. The van der Waals surface area contributed by atoms with Gasteiger partial charge in [0.1, 0.15) is 10.6 Å². The summed E-state index contributed by atoms with van der Waals surface area (Å²) in [4.78, 5) is 16.2. The second-order valence-electron chi connectivity index (χ2n) is 4.05. The van der Waals surface area contributed by atoms with Crippen molar-refractivity contribution in [3.05, 3.63) is 35.2 Å². The van der Waals surface area contributed by atoms with Crippen LogP contribution in [0.4, 0.5) is 0 Å². The molecule has 0 bridgehead atoms. The molecule has 0 atom stereocenters. The average molecular weight is 277 g/mol. The number of aromatic nitrogens is 3. The van der Waals surface area contributed by atoms with Crippen molar-refractivity contribution < 1.29 is 9.53 Å². The predicted octanol–water partition coefficient (Wildman–Crippen LogP) is 2.35. The van der Waals surface area contributed by atoms with Crippen molar-refractivity contribution in [2.45, 2.75) is 25.8 Å². The zero-order chi connectivity index (χ0) is 14.0. The van der Waals surface area contributed by atoms with Crippen molar-refractivity contribution >= 4 is 18.6 Å². The first-order valence-corrected chi connectivity index (χ1v) is 6.39. The molecule has 0 N–H and O–H groups in total. The molecule has 0 aliphatic carbocycles. The molecule has 19 heavy (non-hydrogen) atoms. The maximum atomic E-state index is 11.9. The van der Waals surface area contributed by atoms with Crippen molar-refractivity contribution in [1.29, 1.82) is 0 Å². The van der Waals surface area contributed by atoms with Crippen LogP contribution in [0.5, 0.6) is 0 Å². The highest BCUT2D eigenvalue weighted by molar-refractivity contribution is 7.80. The van der Waals surface area contributed by atoms with Crippen LogP contribution in [-0.4, -0.2) is 27.3 Å². The summed E-state index contributed by atoms with van der Waals surface area (Å²) in [6.07, 6.45) is 0. The molecular weight excluding hydrogens is 262 g/mol. The number of rotatable bonds is 3. The summed E-state index contributed by atoms with van der Waals surface area (Å²) >= 11 is 4.37. The molecule has 0 spiro atoms. The Kier molecular flexibility index (Phi) is 3.90. The lowest BCUT2D eigenvalue weighted by molar-refractivity contribution is 0.0521. The lowest BCUT2D eigenvalue weighted by atomic mass is 10.3. The molecule has 5 nitrogen and oxygen atoms in total. The fourth-order valence-electron chi connectivity index (χ4n) is 1.76. The van der Waals surface area contributed by atoms with Gasteiger partial charge in [0, 0.05) is 5.69 Å². The summed E-state index contributed by atoms with van der Waals surface area (Å²) in [5, 5.41) is 4.74. The largest absolute Gasteiger partial charge is 0.462 e. The number of ether oxygens (including phenoxy) is 1. The van der Waals surface area contributed by atoms with Gasteiger partial charge in [-0.25, -0.2) is 14.5 Å². The Morgan fingerprint density at radius 3 is 2.79 bits per heavy atom. The highest BCUT2D eigenvalue weighted by atomic mass is 32.1. The summed E-state index contributed by atoms with van der Waals surface area (Å²) in [6, 6.07) is 5.59. The summed E-state index contributed by atoms with van der Waals surface area (Å²) in [7, 11) is 0. The van der Waals surface area contributed by atoms with Crippen LogP contribution >= 0.6 is 12.6 Å². The molecule has 6 heteroatoms. The maximum Gasteiger partial charge on any atom is 0.342 e. The summed E-state index contributed by atoms with van der Waals surface area (Å²) < 4.78 is 6.54. The van der Waals surface area contributed by atoms with Gasteiger partial charge in [0.25, 0.3) is 0 Å². The number of pyridine rings is 1. The molecule has 2 heterocycles. The SMILES string of the molecule is CCOC(=O)c1c(C)nn(-c2cccc(C)n2)c1S. The number of aryl methyl sites for hydroxylation is 2. The van der Waals surface area contributed by atoms with Crippen LogP contribution in [-0.2, 0) is 4.74 Å². The fraction of sp³-hybridized carbons (Fsp3) is 0.308. The van der Waals surface area contributed by atoms with Crippen molar-refractivity contribution in [2.75, 3.05) is 6.61 Å². The topological polar surface area (TPSA) is 57.0 Å². The van der Waals surface area contributed by atoms with E-state index in [4.69, 9.17) is 4.74 Å². The Labute approximate surface area is 117 Å². The molecule has 0 aromatic carbocycles. The first kappa shape index (κ1) is 13.6. The number of nitrogens with zero attached hydrogens (tertiary/aromatic N) is 3. The number of thiol groups is 1. The molecule has 2 aromatic heterocycles. The van der Waals surface area contributed by atoms with Crippen LogP contribution in [0.3, 0.4) is 0 Å². The van der Waals surface area contributed by atoms with E-state index in [-0.39, 0.29) is 0 Å². The van der Waals surface area contributed by atoms with Gasteiger partial charge < -0.3 is 4.74 Å². The van der Waals surface area contributed by atoms with E-state index in [1.54, 1.807) is 13.8 Å². The molecule has 0 aliphatic rings. The van der Waals surface area contributed by atoms with Gasteiger partial charge in [-0.3, -0.25) is 0 Å². The van der Waals surface area contributed by atoms with Crippen LogP contribution in [0.25, 0.3) is 5.82 Å². The Hall–Kier alpha value is -1.82. The molecule has 0 saturated heterocycles. The van der Waals surface area contributed by atoms with Gasteiger partial charge >= 0.3 is 5.97 Å². The molecule has 100 valence electrons. The lowest BCUT2D eigenvalue weighted by Gasteiger charge is -2.04. The average Bonchev–Trinajstić information content (AvgIpc) is 2.65. The van der Waals surface area contributed by atoms with E-state index < -0.39 is 5.97 Å². The molecule has 0 unspecified atom stereocenters. The van der Waals surface area contributed by atoms with E-state index in [1.807, 2.05) is 25.1 Å². The van der Waals surface area contributed by atoms with E-state index in [0.29, 0.717) is 28.7 Å². The zero-order valence-corrected chi connectivity index (χ0v) is 11.9. The van der Waals surface area contributed by atoms with Crippen LogP contribution in [0.15, 0.2) is 23.2 Å². The summed E-state index contributed by atoms with van der Waals surface area (Å²) in [6.45, 7) is 5.72. The van der Waals surface area contributed by atoms with Crippen LogP contribution in [0.1, 0.15) is 28.7 Å². The van der Waals surface area contributed by atoms with E-state index in [1.165, 1.54) is 4.68 Å². The van der Waals surface area contributed by atoms with Crippen molar-refractivity contribution in [3.8, 4) is 5.82 Å². The lowest BCUT2D eigenvalue weighted by Crippen LogP contribution is -2.07. The van der Waals surface area contributed by atoms with Crippen molar-refractivity contribution in [3.63, 3.8) is 0 Å². The Balaban J connectivity index is 2.50. The van der Waals surface area contributed by atoms with Crippen LogP contribution in [0.2, 0.25) is 0 Å². The first-order chi connectivity index (χ1) is 9.04. The van der Waals surface area contributed by atoms with Gasteiger partial charge in [-0.2, -0.15) is 5.10 Å². The Morgan fingerprint density at radius 2 is 2.16 bits per heavy atom. The first-order valence-electron chi connectivity index (χ1n) is 5.94. The minimum atomic E-state index is -0.413. The molecule has 0 aliphatic heterocycles. The minimum absolute atomic E-state index is 0.319. The van der Waals surface area contributed by atoms with Crippen LogP contribution < -0.4 is 0 Å². The molecule has 0 saturated carbocycles. The van der Waals surface area contributed by atoms with E-state index in [0.717, 1.165) is 5.69 Å². The third-order valence-corrected chi connectivity index (χ3v) is 3.02. The monoisotopic (exact) mass is 277 g/mol. The molecule has 2 rings (SSSR count). The molecule has 0 radical (unpaired) electrons. The second kappa shape index (κ2) is 5.44. The number of carbonyl (C=O) groups is 1. The number of carbonyl (C=O) groups excluding carboxylic acids is 1. The van der Waals surface area contributed by atoms with E-state index in [2.05, 4.69) is 22.7 Å². The normalized spacial score (nSPS) is 10.5. The van der Waals surface area contributed by atoms with Crippen molar-refractivity contribution in [1.82, 2.24) is 14.8 Å². The highest BCUT2D eigenvalue weighted by Crippen LogP contribution is 2.22. The smallest absolute Gasteiger partial charge is 0.342 e. The summed E-state index contributed by atoms with van der Waals surface area (Å²) in [5.41, 5.74) is 1.83. The van der Waals surface area contributed by atoms with Gasteiger partial charge in [-0.15, -0.1) is 12.6 Å². The highest BCUT2D eigenvalue weighted by Gasteiger charge is 2.21. The molecular formula is C13H15N3O2S. The number of esters is 1. The number of hydrogen-bond acceptors (Lipinski definition) is 5. The summed E-state index contributed by atoms with van der Waals surface area (Å²) in [5.74, 6) is 0.215. The van der Waals surface area contributed by atoms with Crippen molar-refractivity contribution in [2.24, 2.45) is 0 Å². The van der Waals surface area contributed by atoms with Gasteiger partial charge in [0.15, 0.2) is 5.82 Å². The van der Waals surface area contributed by atoms with E-state index >= 15 is 0 Å². The maximum absolute atomic E-state index is 11.9. The predicted molar refractivity (Wildman–Crippen MR) is 74.0 cm³/mol. The fourth-order valence-corrected chi connectivity index (χ4v) is 2.16. The van der Waals surface area contributed by atoms with E-state index in [9.17, 15) is 4.79 Å².